The summed E-state index contributed by atoms with van der Waals surface area (Å²) in [4.78, 5) is 12.2. The highest BCUT2D eigenvalue weighted by atomic mass is 35.5. The van der Waals surface area contributed by atoms with Gasteiger partial charge in [-0.05, 0) is 60.4 Å². The van der Waals surface area contributed by atoms with Crippen LogP contribution in [0.2, 0.25) is 5.02 Å². The lowest BCUT2D eigenvalue weighted by Gasteiger charge is -2.34. The van der Waals surface area contributed by atoms with Crippen molar-refractivity contribution in [2.24, 2.45) is 0 Å². The molecule has 1 heterocycles. The lowest BCUT2D eigenvalue weighted by molar-refractivity contribution is 0.102. The van der Waals surface area contributed by atoms with E-state index in [-0.39, 0.29) is 34.4 Å². The molecule has 0 bridgehead atoms. The van der Waals surface area contributed by atoms with E-state index < -0.39 is 38.3 Å². The Hall–Kier alpha value is -3.04. The molecule has 4 rings (SSSR count). The van der Waals surface area contributed by atoms with Gasteiger partial charge in [-0.1, -0.05) is 30.7 Å². The first-order valence-electron chi connectivity index (χ1n) is 9.96. The van der Waals surface area contributed by atoms with Crippen LogP contribution in [-0.2, 0) is 10.0 Å². The zero-order chi connectivity index (χ0) is 23.9. The predicted octanol–water partition coefficient (Wildman–Crippen LogP) is 5.71. The second-order valence-electron chi connectivity index (χ2n) is 7.67. The Labute approximate surface area is 193 Å². The van der Waals surface area contributed by atoms with Gasteiger partial charge in [-0.3, -0.25) is 9.10 Å². The smallest absolute Gasteiger partial charge is 0.264 e. The van der Waals surface area contributed by atoms with Gasteiger partial charge in [0.2, 0.25) is 0 Å². The number of rotatable bonds is 4. The predicted molar refractivity (Wildman–Crippen MR) is 120 cm³/mol. The van der Waals surface area contributed by atoms with Crippen molar-refractivity contribution in [1.29, 1.82) is 0 Å². The van der Waals surface area contributed by atoms with Crippen LogP contribution in [0.4, 0.5) is 24.5 Å². The molecule has 33 heavy (non-hydrogen) atoms. The van der Waals surface area contributed by atoms with E-state index in [1.165, 1.54) is 18.2 Å². The highest BCUT2D eigenvalue weighted by Crippen LogP contribution is 2.40. The molecule has 0 saturated heterocycles. The maximum atomic E-state index is 14.1. The Balaban J connectivity index is 1.73. The Morgan fingerprint density at radius 3 is 2.48 bits per heavy atom. The van der Waals surface area contributed by atoms with Crippen molar-refractivity contribution < 1.29 is 26.4 Å². The maximum Gasteiger partial charge on any atom is 0.264 e. The van der Waals surface area contributed by atoms with Gasteiger partial charge in [0.1, 0.15) is 5.82 Å². The van der Waals surface area contributed by atoms with Crippen LogP contribution in [0, 0.1) is 17.5 Å². The fourth-order valence-corrected chi connectivity index (χ4v) is 5.52. The maximum absolute atomic E-state index is 14.1. The molecule has 3 aromatic carbocycles. The molecule has 1 aliphatic heterocycles. The number of nitrogens with zero attached hydrogens (tertiary/aromatic N) is 1. The number of hydrogen-bond donors (Lipinski definition) is 1. The van der Waals surface area contributed by atoms with Crippen molar-refractivity contribution >= 4 is 38.9 Å². The Bertz CT molecular complexity index is 1340. The molecule has 0 aliphatic carbocycles. The number of carbonyl (C=O) groups excluding carboxylic acids is 1. The number of amides is 1. The van der Waals surface area contributed by atoms with E-state index in [0.29, 0.717) is 18.1 Å². The highest BCUT2D eigenvalue weighted by Gasteiger charge is 2.32. The minimum atomic E-state index is -4.22. The Morgan fingerprint density at radius 1 is 1.03 bits per heavy atom. The SMILES string of the molecule is CC1CCN(S(=O)(=O)c2ccc(F)c(F)c2)c2cc(NC(=O)c3c(F)cccc3Cl)ccc21. The van der Waals surface area contributed by atoms with Crippen LogP contribution in [0.25, 0.3) is 0 Å². The third kappa shape index (κ3) is 4.30. The van der Waals surface area contributed by atoms with E-state index in [2.05, 4.69) is 5.32 Å². The number of benzene rings is 3. The zero-order valence-corrected chi connectivity index (χ0v) is 18.9. The molecule has 1 unspecified atom stereocenters. The molecular weight excluding hydrogens is 477 g/mol. The third-order valence-corrected chi connectivity index (χ3v) is 7.65. The van der Waals surface area contributed by atoms with Gasteiger partial charge in [0.05, 0.1) is 21.2 Å². The van der Waals surface area contributed by atoms with E-state index in [1.807, 2.05) is 6.92 Å². The fourth-order valence-electron chi connectivity index (χ4n) is 3.76. The minimum absolute atomic E-state index is 0.0159. The normalized spacial score (nSPS) is 15.8. The lowest BCUT2D eigenvalue weighted by atomic mass is 9.92. The number of halogens is 4. The average Bonchev–Trinajstić information content (AvgIpc) is 2.75. The number of nitrogens with one attached hydrogen (secondary N) is 1. The van der Waals surface area contributed by atoms with E-state index >= 15 is 0 Å². The molecule has 0 radical (unpaired) electrons. The Morgan fingerprint density at radius 2 is 1.79 bits per heavy atom. The first-order chi connectivity index (χ1) is 15.6. The van der Waals surface area contributed by atoms with Crippen LogP contribution in [-0.4, -0.2) is 20.9 Å². The summed E-state index contributed by atoms with van der Waals surface area (Å²) in [5.41, 5.74) is 0.874. The van der Waals surface area contributed by atoms with Crippen molar-refractivity contribution in [2.45, 2.75) is 24.2 Å². The fraction of sp³-hybridized carbons (Fsp3) is 0.174. The molecule has 1 aliphatic rings. The Kier molecular flexibility index (Phi) is 6.11. The van der Waals surface area contributed by atoms with Crippen LogP contribution >= 0.6 is 11.6 Å². The second-order valence-corrected chi connectivity index (χ2v) is 9.94. The van der Waals surface area contributed by atoms with E-state index in [0.717, 1.165) is 22.5 Å². The summed E-state index contributed by atoms with van der Waals surface area (Å²) in [7, 11) is -4.22. The first-order valence-corrected chi connectivity index (χ1v) is 11.8. The van der Waals surface area contributed by atoms with E-state index in [1.54, 1.807) is 12.1 Å². The van der Waals surface area contributed by atoms with Crippen molar-refractivity contribution in [1.82, 2.24) is 0 Å². The van der Waals surface area contributed by atoms with Gasteiger partial charge in [0.15, 0.2) is 11.6 Å². The van der Waals surface area contributed by atoms with Crippen LogP contribution in [0.3, 0.4) is 0 Å². The average molecular weight is 495 g/mol. The first kappa shape index (κ1) is 23.1. The van der Waals surface area contributed by atoms with Crippen molar-refractivity contribution in [2.75, 3.05) is 16.2 Å². The largest absolute Gasteiger partial charge is 0.322 e. The van der Waals surface area contributed by atoms with Gasteiger partial charge < -0.3 is 5.32 Å². The van der Waals surface area contributed by atoms with Crippen molar-refractivity contribution in [3.8, 4) is 0 Å². The molecule has 172 valence electrons. The topological polar surface area (TPSA) is 66.5 Å². The molecule has 1 amide bonds. The monoisotopic (exact) mass is 494 g/mol. The molecule has 1 N–H and O–H groups in total. The number of fused-ring (bicyclic) bond motifs is 1. The summed E-state index contributed by atoms with van der Waals surface area (Å²) in [5.74, 6) is -4.00. The van der Waals surface area contributed by atoms with Crippen LogP contribution in [0.1, 0.15) is 35.2 Å². The third-order valence-electron chi connectivity index (χ3n) is 5.52. The second kappa shape index (κ2) is 8.72. The van der Waals surface area contributed by atoms with Gasteiger partial charge in [-0.15, -0.1) is 0 Å². The summed E-state index contributed by atoms with van der Waals surface area (Å²) < 4.78 is 68.7. The summed E-state index contributed by atoms with van der Waals surface area (Å²) in [6, 6.07) is 10.9. The molecule has 1 atom stereocenters. The van der Waals surface area contributed by atoms with Crippen molar-refractivity contribution in [3.63, 3.8) is 0 Å². The van der Waals surface area contributed by atoms with E-state index in [9.17, 15) is 26.4 Å². The minimum Gasteiger partial charge on any atom is -0.322 e. The standard InChI is InChI=1S/C23H18ClF3N2O3S/c1-13-9-10-29(33(31,32)15-6-8-18(25)20(27)12-15)21-11-14(5-7-16(13)21)28-23(30)22-17(24)3-2-4-19(22)26/h2-8,11-13H,9-10H2,1H3,(H,28,30). The number of sulfonamides is 1. The molecule has 10 heteroatoms. The molecular formula is C23H18ClF3N2O3S. The van der Waals surface area contributed by atoms with Crippen LogP contribution in [0.5, 0.6) is 0 Å². The summed E-state index contributed by atoms with van der Waals surface area (Å²) in [5, 5.41) is 2.47. The van der Waals surface area contributed by atoms with Gasteiger partial charge in [0, 0.05) is 12.2 Å². The summed E-state index contributed by atoms with van der Waals surface area (Å²) in [6.45, 7) is 2.03. The van der Waals surface area contributed by atoms with E-state index in [4.69, 9.17) is 11.6 Å². The number of anilines is 2. The van der Waals surface area contributed by atoms with Gasteiger partial charge in [-0.25, -0.2) is 21.6 Å². The molecule has 0 spiro atoms. The van der Waals surface area contributed by atoms with Crippen molar-refractivity contribution in [3.05, 3.63) is 88.2 Å². The molecule has 3 aromatic rings. The number of hydrogen-bond acceptors (Lipinski definition) is 3. The number of carbonyl (C=O) groups is 1. The summed E-state index contributed by atoms with van der Waals surface area (Å²) in [6.07, 6.45) is 0.506. The van der Waals surface area contributed by atoms with Crippen LogP contribution < -0.4 is 9.62 Å². The highest BCUT2D eigenvalue weighted by molar-refractivity contribution is 7.92. The quantitative estimate of drug-likeness (QED) is 0.505. The molecule has 5 nitrogen and oxygen atoms in total. The van der Waals surface area contributed by atoms with Gasteiger partial charge in [0.25, 0.3) is 15.9 Å². The zero-order valence-electron chi connectivity index (χ0n) is 17.3. The van der Waals surface area contributed by atoms with Gasteiger partial charge >= 0.3 is 0 Å². The molecule has 0 fully saturated rings. The lowest BCUT2D eigenvalue weighted by Crippen LogP contribution is -2.36. The van der Waals surface area contributed by atoms with Crippen LogP contribution in [0.15, 0.2) is 59.5 Å². The summed E-state index contributed by atoms with van der Waals surface area (Å²) >= 11 is 5.95. The molecule has 0 aromatic heterocycles. The van der Waals surface area contributed by atoms with Gasteiger partial charge in [-0.2, -0.15) is 0 Å². The molecule has 0 saturated carbocycles.